The highest BCUT2D eigenvalue weighted by Crippen LogP contribution is 2.09. The molecule has 0 aromatic carbocycles. The average Bonchev–Trinajstić information content (AvgIpc) is 2.49. The fourth-order valence-corrected chi connectivity index (χ4v) is 1.53. The second-order valence-electron chi connectivity index (χ2n) is 3.78. The van der Waals surface area contributed by atoms with E-state index in [9.17, 15) is 9.59 Å². The molecule has 6 heteroatoms. The van der Waals surface area contributed by atoms with Crippen molar-refractivity contribution in [1.82, 2.24) is 9.88 Å². The first-order valence-corrected chi connectivity index (χ1v) is 6.03. The fourth-order valence-electron chi connectivity index (χ4n) is 1.53. The summed E-state index contributed by atoms with van der Waals surface area (Å²) in [5.41, 5.74) is 0.751. The van der Waals surface area contributed by atoms with Crippen molar-refractivity contribution in [2.45, 2.75) is 6.92 Å². The van der Waals surface area contributed by atoms with E-state index in [4.69, 9.17) is 5.11 Å². The van der Waals surface area contributed by atoms with Crippen molar-refractivity contribution >= 4 is 11.9 Å². The number of hydrogen-bond acceptors (Lipinski definition) is 5. The molecule has 0 radical (unpaired) electrons. The lowest BCUT2D eigenvalue weighted by Gasteiger charge is -2.19. The minimum absolute atomic E-state index is 0.124. The van der Waals surface area contributed by atoms with Gasteiger partial charge in [-0.15, -0.1) is 0 Å². The summed E-state index contributed by atoms with van der Waals surface area (Å²) in [5, 5.41) is 8.71. The van der Waals surface area contributed by atoms with Crippen LogP contribution in [0.25, 0.3) is 0 Å². The lowest BCUT2D eigenvalue weighted by molar-refractivity contribution is -0.141. The van der Waals surface area contributed by atoms with Gasteiger partial charge in [0, 0.05) is 18.9 Å². The average molecular weight is 276 g/mol. The molecule has 1 N–H and O–H groups in total. The number of esters is 1. The zero-order chi connectivity index (χ0) is 15.0. The van der Waals surface area contributed by atoms with Crippen LogP contribution in [0.15, 0.2) is 18.5 Å². The quantitative estimate of drug-likeness (QED) is 0.621. The maximum absolute atomic E-state index is 12.4. The van der Waals surface area contributed by atoms with Crippen molar-refractivity contribution in [3.05, 3.63) is 29.6 Å². The van der Waals surface area contributed by atoms with Gasteiger partial charge < -0.3 is 14.7 Å². The molecule has 0 aliphatic rings. The number of nitrogens with zero attached hydrogens (tertiary/aromatic N) is 2. The number of rotatable bonds is 4. The molecule has 0 saturated carbocycles. The third-order valence-electron chi connectivity index (χ3n) is 2.57. The molecule has 1 aromatic rings. The number of ether oxygens (including phenoxy) is 1. The molecule has 0 unspecified atom stereocenters. The highest BCUT2D eigenvalue weighted by atomic mass is 16.5. The number of likely N-dealkylation sites (N-methyl/N-ethyl adjacent to an activating group) is 1. The molecule has 6 nitrogen and oxygen atoms in total. The van der Waals surface area contributed by atoms with Gasteiger partial charge in [0.2, 0.25) is 0 Å². The Morgan fingerprint density at radius 3 is 2.85 bits per heavy atom. The van der Waals surface area contributed by atoms with Gasteiger partial charge in [-0.2, -0.15) is 0 Å². The van der Waals surface area contributed by atoms with Gasteiger partial charge in [0.15, 0.2) is 0 Å². The Balaban J connectivity index is 3.03. The number of carbonyl (C=O) groups excluding carboxylic acids is 2. The number of aliphatic hydroxyl groups excluding tert-OH is 1. The molecule has 20 heavy (non-hydrogen) atoms. The van der Waals surface area contributed by atoms with E-state index in [0.29, 0.717) is 17.7 Å². The minimum atomic E-state index is -0.489. The second kappa shape index (κ2) is 7.92. The van der Waals surface area contributed by atoms with Crippen LogP contribution in [0.1, 0.15) is 22.8 Å². The lowest BCUT2D eigenvalue weighted by Crippen LogP contribution is -2.36. The molecule has 0 aliphatic carbocycles. The molecule has 0 saturated heterocycles. The summed E-state index contributed by atoms with van der Waals surface area (Å²) in [4.78, 5) is 28.9. The SMILES string of the molecule is CCN(CC(=O)OC)C(=O)c1ccncc1C#CCO. The van der Waals surface area contributed by atoms with Crippen LogP contribution < -0.4 is 0 Å². The first-order valence-electron chi connectivity index (χ1n) is 6.03. The van der Waals surface area contributed by atoms with E-state index in [1.165, 1.54) is 30.5 Å². The first kappa shape index (κ1) is 15.7. The topological polar surface area (TPSA) is 79.7 Å². The van der Waals surface area contributed by atoms with Crippen molar-refractivity contribution in [1.29, 1.82) is 0 Å². The number of aliphatic hydroxyl groups is 1. The van der Waals surface area contributed by atoms with Crippen LogP contribution in [0.4, 0.5) is 0 Å². The molecule has 0 atom stereocenters. The van der Waals surface area contributed by atoms with E-state index in [-0.39, 0.29) is 19.1 Å². The second-order valence-corrected chi connectivity index (χ2v) is 3.78. The third-order valence-corrected chi connectivity index (χ3v) is 2.57. The van der Waals surface area contributed by atoms with Crippen molar-refractivity contribution in [2.75, 3.05) is 26.8 Å². The summed E-state index contributed by atoms with van der Waals surface area (Å²) in [5.74, 6) is 4.32. The number of methoxy groups -OCH3 is 1. The predicted octanol–water partition coefficient (Wildman–Crippen LogP) is 0.0605. The van der Waals surface area contributed by atoms with E-state index in [2.05, 4.69) is 21.6 Å². The van der Waals surface area contributed by atoms with Gasteiger partial charge in [0.1, 0.15) is 13.2 Å². The minimum Gasteiger partial charge on any atom is -0.468 e. The van der Waals surface area contributed by atoms with Crippen LogP contribution in [-0.2, 0) is 9.53 Å². The van der Waals surface area contributed by atoms with Gasteiger partial charge in [0.25, 0.3) is 5.91 Å². The summed E-state index contributed by atoms with van der Waals surface area (Å²) in [6.07, 6.45) is 2.92. The Kier molecular flexibility index (Phi) is 6.20. The number of carbonyl (C=O) groups is 2. The van der Waals surface area contributed by atoms with E-state index in [0.717, 1.165) is 0 Å². The monoisotopic (exact) mass is 276 g/mol. The van der Waals surface area contributed by atoms with Crippen LogP contribution >= 0.6 is 0 Å². The fraction of sp³-hybridized carbons (Fsp3) is 0.357. The van der Waals surface area contributed by atoms with Crippen LogP contribution in [0, 0.1) is 11.8 Å². The van der Waals surface area contributed by atoms with E-state index in [1.54, 1.807) is 6.92 Å². The molecule has 0 aliphatic heterocycles. The Hall–Kier alpha value is -2.39. The van der Waals surface area contributed by atoms with Gasteiger partial charge in [-0.3, -0.25) is 14.6 Å². The van der Waals surface area contributed by atoms with Crippen LogP contribution in [0.5, 0.6) is 0 Å². The standard InChI is InChI=1S/C14H16N2O4/c1-3-16(10-13(18)20-2)14(19)12-6-7-15-9-11(12)5-4-8-17/h6-7,9,17H,3,8,10H2,1-2H3. The van der Waals surface area contributed by atoms with E-state index >= 15 is 0 Å². The van der Waals surface area contributed by atoms with Crippen molar-refractivity contribution < 1.29 is 19.4 Å². The number of pyridine rings is 1. The maximum atomic E-state index is 12.4. The Bertz CT molecular complexity index is 546. The zero-order valence-electron chi connectivity index (χ0n) is 11.4. The number of aromatic nitrogens is 1. The molecule has 0 spiro atoms. The largest absolute Gasteiger partial charge is 0.468 e. The van der Waals surface area contributed by atoms with Crippen molar-refractivity contribution in [3.63, 3.8) is 0 Å². The highest BCUT2D eigenvalue weighted by molar-refractivity contribution is 5.98. The van der Waals surface area contributed by atoms with Crippen LogP contribution in [0.2, 0.25) is 0 Å². The maximum Gasteiger partial charge on any atom is 0.325 e. The lowest BCUT2D eigenvalue weighted by atomic mass is 10.1. The Morgan fingerprint density at radius 1 is 1.50 bits per heavy atom. The van der Waals surface area contributed by atoms with Gasteiger partial charge in [-0.25, -0.2) is 0 Å². The first-order chi connectivity index (χ1) is 9.63. The summed E-state index contributed by atoms with van der Waals surface area (Å²) in [6, 6.07) is 1.53. The number of hydrogen-bond donors (Lipinski definition) is 1. The molecule has 1 aromatic heterocycles. The molecule has 0 fully saturated rings. The van der Waals surface area contributed by atoms with Crippen molar-refractivity contribution in [2.24, 2.45) is 0 Å². The Morgan fingerprint density at radius 2 is 2.25 bits per heavy atom. The zero-order valence-corrected chi connectivity index (χ0v) is 11.4. The van der Waals surface area contributed by atoms with Gasteiger partial charge in [0.05, 0.1) is 18.2 Å². The normalized spacial score (nSPS) is 9.35. The predicted molar refractivity (Wildman–Crippen MR) is 71.8 cm³/mol. The molecule has 1 amide bonds. The molecule has 1 rings (SSSR count). The smallest absolute Gasteiger partial charge is 0.325 e. The molecular formula is C14H16N2O4. The Labute approximate surface area is 117 Å². The van der Waals surface area contributed by atoms with Crippen LogP contribution in [0.3, 0.4) is 0 Å². The van der Waals surface area contributed by atoms with Crippen LogP contribution in [-0.4, -0.2) is 53.7 Å². The molecular weight excluding hydrogens is 260 g/mol. The summed E-state index contributed by atoms with van der Waals surface area (Å²) in [6.45, 7) is 1.70. The summed E-state index contributed by atoms with van der Waals surface area (Å²) < 4.78 is 4.56. The molecule has 106 valence electrons. The summed E-state index contributed by atoms with van der Waals surface area (Å²) in [7, 11) is 1.27. The van der Waals surface area contributed by atoms with E-state index < -0.39 is 5.97 Å². The third kappa shape index (κ3) is 4.07. The van der Waals surface area contributed by atoms with Gasteiger partial charge >= 0.3 is 5.97 Å². The van der Waals surface area contributed by atoms with Gasteiger partial charge in [-0.1, -0.05) is 11.8 Å². The molecule has 0 bridgehead atoms. The highest BCUT2D eigenvalue weighted by Gasteiger charge is 2.19. The van der Waals surface area contributed by atoms with Crippen molar-refractivity contribution in [3.8, 4) is 11.8 Å². The molecule has 1 heterocycles. The van der Waals surface area contributed by atoms with E-state index in [1.807, 2.05) is 0 Å². The summed E-state index contributed by atoms with van der Waals surface area (Å²) >= 11 is 0. The van der Waals surface area contributed by atoms with Gasteiger partial charge in [-0.05, 0) is 13.0 Å². The number of amides is 1.